The largest absolute Gasteiger partial charge is 0.492 e. The van der Waals surface area contributed by atoms with Gasteiger partial charge in [-0.1, -0.05) is 6.07 Å². The Morgan fingerprint density at radius 2 is 2.00 bits per heavy atom. The minimum Gasteiger partial charge on any atom is -0.492 e. The van der Waals surface area contributed by atoms with E-state index in [4.69, 9.17) is 14.6 Å². The third-order valence-electron chi connectivity index (χ3n) is 2.10. The van der Waals surface area contributed by atoms with Gasteiger partial charge in [0.05, 0.1) is 0 Å². The average molecular weight is 225 g/mol. The molecule has 0 aromatic heterocycles. The van der Waals surface area contributed by atoms with E-state index in [1.54, 1.807) is 0 Å². The van der Waals surface area contributed by atoms with Crippen molar-refractivity contribution in [2.24, 2.45) is 0 Å². The minimum absolute atomic E-state index is 0.250. The number of aryl methyl sites for hydroxylation is 2. The van der Waals surface area contributed by atoms with Crippen molar-refractivity contribution >= 4 is 6.47 Å². The zero-order chi connectivity index (χ0) is 12.4. The zero-order valence-corrected chi connectivity index (χ0v) is 9.99. The van der Waals surface area contributed by atoms with E-state index < -0.39 is 0 Å². The molecule has 0 amide bonds. The molecule has 1 aromatic carbocycles. The molecule has 2 N–H and O–H groups in total. The summed E-state index contributed by atoms with van der Waals surface area (Å²) in [5.41, 5.74) is 2.59. The molecule has 1 rings (SSSR count). The maximum atomic E-state index is 8.36. The lowest BCUT2D eigenvalue weighted by Gasteiger charge is -2.07. The summed E-state index contributed by atoms with van der Waals surface area (Å²) in [5, 5.41) is 9.93. The molecule has 0 saturated carbocycles. The normalized spacial score (nSPS) is 8.94. The number of nitrogens with one attached hydrogen (secondary N) is 1. The lowest BCUT2D eigenvalue weighted by Crippen LogP contribution is -2.15. The number of hydrogen-bond donors (Lipinski definition) is 2. The Kier molecular flexibility index (Phi) is 7.89. The highest BCUT2D eigenvalue weighted by molar-refractivity contribution is 5.33. The Morgan fingerprint density at radius 1 is 1.38 bits per heavy atom. The van der Waals surface area contributed by atoms with Crippen molar-refractivity contribution in [3.63, 3.8) is 0 Å². The van der Waals surface area contributed by atoms with E-state index in [0.29, 0.717) is 0 Å². The lowest BCUT2D eigenvalue weighted by atomic mass is 10.1. The maximum Gasteiger partial charge on any atom is 0.290 e. The molecule has 0 unspecified atom stereocenters. The van der Waals surface area contributed by atoms with Crippen LogP contribution < -0.4 is 10.1 Å². The quantitative estimate of drug-likeness (QED) is 0.603. The number of carbonyl (C=O) groups is 1. The summed E-state index contributed by atoms with van der Waals surface area (Å²) in [6.07, 6.45) is 0. The molecule has 0 fully saturated rings. The van der Waals surface area contributed by atoms with Crippen LogP contribution in [0.25, 0.3) is 0 Å². The van der Waals surface area contributed by atoms with Crippen LogP contribution in [-0.4, -0.2) is 31.8 Å². The topological polar surface area (TPSA) is 58.6 Å². The summed E-state index contributed by atoms with van der Waals surface area (Å²) in [4.78, 5) is 8.36. The first kappa shape index (κ1) is 14.5. The van der Waals surface area contributed by atoms with Crippen molar-refractivity contribution in [1.29, 1.82) is 0 Å². The first-order chi connectivity index (χ1) is 7.65. The molecule has 1 aromatic rings. The van der Waals surface area contributed by atoms with Crippen LogP contribution in [-0.2, 0) is 4.79 Å². The Morgan fingerprint density at radius 3 is 2.50 bits per heavy atom. The van der Waals surface area contributed by atoms with Crippen molar-refractivity contribution in [2.75, 3.05) is 20.2 Å². The molecule has 0 aliphatic heterocycles. The molecular weight excluding hydrogens is 206 g/mol. The van der Waals surface area contributed by atoms with Gasteiger partial charge in [-0.05, 0) is 44.2 Å². The fourth-order valence-electron chi connectivity index (χ4n) is 1.07. The van der Waals surface area contributed by atoms with Crippen LogP contribution in [0.15, 0.2) is 18.2 Å². The van der Waals surface area contributed by atoms with Gasteiger partial charge >= 0.3 is 0 Å². The lowest BCUT2D eigenvalue weighted by molar-refractivity contribution is -0.122. The highest BCUT2D eigenvalue weighted by Crippen LogP contribution is 2.15. The van der Waals surface area contributed by atoms with Gasteiger partial charge in [0.1, 0.15) is 12.4 Å². The van der Waals surface area contributed by atoms with Crippen LogP contribution in [0.3, 0.4) is 0 Å². The number of carboxylic acid groups (broad SMARTS) is 1. The molecule has 16 heavy (non-hydrogen) atoms. The number of ether oxygens (including phenoxy) is 1. The van der Waals surface area contributed by atoms with Crippen LogP contribution in [0.5, 0.6) is 5.75 Å². The zero-order valence-electron chi connectivity index (χ0n) is 9.99. The van der Waals surface area contributed by atoms with E-state index in [-0.39, 0.29) is 6.47 Å². The third-order valence-corrected chi connectivity index (χ3v) is 2.10. The second kappa shape index (κ2) is 8.73. The van der Waals surface area contributed by atoms with E-state index in [1.165, 1.54) is 11.1 Å². The van der Waals surface area contributed by atoms with Gasteiger partial charge < -0.3 is 15.2 Å². The van der Waals surface area contributed by atoms with E-state index in [0.717, 1.165) is 18.9 Å². The number of benzene rings is 1. The monoisotopic (exact) mass is 225 g/mol. The van der Waals surface area contributed by atoms with Crippen LogP contribution in [0.2, 0.25) is 0 Å². The van der Waals surface area contributed by atoms with Gasteiger partial charge in [0, 0.05) is 6.54 Å². The first-order valence-corrected chi connectivity index (χ1v) is 5.08. The average Bonchev–Trinajstić information content (AvgIpc) is 2.25. The molecule has 0 aliphatic rings. The van der Waals surface area contributed by atoms with Crippen LogP contribution in [0.1, 0.15) is 11.1 Å². The smallest absolute Gasteiger partial charge is 0.290 e. The van der Waals surface area contributed by atoms with Crippen molar-refractivity contribution in [1.82, 2.24) is 5.32 Å². The molecule has 0 bridgehead atoms. The van der Waals surface area contributed by atoms with Gasteiger partial charge in [0.25, 0.3) is 6.47 Å². The summed E-state index contributed by atoms with van der Waals surface area (Å²) in [6, 6.07) is 6.17. The fourth-order valence-corrected chi connectivity index (χ4v) is 1.07. The molecular formula is C12H19NO3. The number of likely N-dealkylation sites (N-methyl/N-ethyl adjacent to an activating group) is 1. The second-order valence-electron chi connectivity index (χ2n) is 3.30. The van der Waals surface area contributed by atoms with Crippen molar-refractivity contribution < 1.29 is 14.6 Å². The Balaban J connectivity index is 0.000000673. The number of rotatable bonds is 4. The predicted molar refractivity (Wildman–Crippen MR) is 64.0 cm³/mol. The van der Waals surface area contributed by atoms with Crippen molar-refractivity contribution in [3.8, 4) is 5.75 Å². The fraction of sp³-hybridized carbons (Fsp3) is 0.417. The molecule has 0 heterocycles. The molecule has 4 nitrogen and oxygen atoms in total. The van der Waals surface area contributed by atoms with Gasteiger partial charge in [0.2, 0.25) is 0 Å². The predicted octanol–water partition coefficient (Wildman–Crippen LogP) is 1.60. The molecule has 0 atom stereocenters. The second-order valence-corrected chi connectivity index (χ2v) is 3.30. The van der Waals surface area contributed by atoms with E-state index in [2.05, 4.69) is 31.3 Å². The third kappa shape index (κ3) is 6.03. The molecule has 0 radical (unpaired) electrons. The molecule has 0 spiro atoms. The Hall–Kier alpha value is -1.55. The molecule has 4 heteroatoms. The van der Waals surface area contributed by atoms with Gasteiger partial charge in [-0.3, -0.25) is 4.79 Å². The van der Waals surface area contributed by atoms with Crippen LogP contribution >= 0.6 is 0 Å². The van der Waals surface area contributed by atoms with Gasteiger partial charge in [0.15, 0.2) is 0 Å². The summed E-state index contributed by atoms with van der Waals surface area (Å²) in [6.45, 7) is 5.55. The summed E-state index contributed by atoms with van der Waals surface area (Å²) >= 11 is 0. The van der Waals surface area contributed by atoms with Crippen LogP contribution in [0.4, 0.5) is 0 Å². The van der Waals surface area contributed by atoms with Gasteiger partial charge in [-0.15, -0.1) is 0 Å². The Labute approximate surface area is 96.2 Å². The summed E-state index contributed by atoms with van der Waals surface area (Å²) in [5.74, 6) is 0.957. The van der Waals surface area contributed by atoms with Gasteiger partial charge in [-0.25, -0.2) is 0 Å². The van der Waals surface area contributed by atoms with Crippen molar-refractivity contribution in [2.45, 2.75) is 13.8 Å². The van der Waals surface area contributed by atoms with E-state index in [1.807, 2.05) is 13.1 Å². The van der Waals surface area contributed by atoms with Crippen LogP contribution in [0, 0.1) is 13.8 Å². The molecule has 90 valence electrons. The SMILES string of the molecule is CNCCOc1ccc(C)c(C)c1.O=CO. The standard InChI is InChI=1S/C11H17NO.CH2O2/c1-9-4-5-11(8-10(9)2)13-7-6-12-3;2-1-3/h4-5,8,12H,6-7H2,1-3H3;1H,(H,2,3). The first-order valence-electron chi connectivity index (χ1n) is 5.08. The molecule has 0 aliphatic carbocycles. The summed E-state index contributed by atoms with van der Waals surface area (Å²) in [7, 11) is 1.92. The van der Waals surface area contributed by atoms with Gasteiger partial charge in [-0.2, -0.15) is 0 Å². The van der Waals surface area contributed by atoms with Crippen molar-refractivity contribution in [3.05, 3.63) is 29.3 Å². The summed E-state index contributed by atoms with van der Waals surface area (Å²) < 4.78 is 5.52. The number of hydrogen-bond acceptors (Lipinski definition) is 3. The molecule has 0 saturated heterocycles. The van der Waals surface area contributed by atoms with E-state index >= 15 is 0 Å². The minimum atomic E-state index is -0.250. The Bertz CT molecular complexity index is 313. The van der Waals surface area contributed by atoms with E-state index in [9.17, 15) is 0 Å². The highest BCUT2D eigenvalue weighted by Gasteiger charge is 1.95. The highest BCUT2D eigenvalue weighted by atomic mass is 16.5. The maximum absolute atomic E-state index is 8.36.